The Balaban J connectivity index is 2.03. The zero-order chi connectivity index (χ0) is 10.7. The molecular formula is C13H18O2. The summed E-state index contributed by atoms with van der Waals surface area (Å²) in [4.78, 5) is 0. The molecule has 15 heavy (non-hydrogen) atoms. The fraction of sp³-hybridized carbons (Fsp3) is 0.538. The van der Waals surface area contributed by atoms with Gasteiger partial charge in [0.15, 0.2) is 0 Å². The van der Waals surface area contributed by atoms with Crippen molar-refractivity contribution in [2.24, 2.45) is 5.92 Å². The molecule has 0 amide bonds. The lowest BCUT2D eigenvalue weighted by molar-refractivity contribution is 0.143. The predicted molar refractivity (Wildman–Crippen MR) is 60.5 cm³/mol. The maximum atomic E-state index is 9.74. The summed E-state index contributed by atoms with van der Waals surface area (Å²) < 4.78 is 5.31. The molecule has 2 rings (SSSR count). The highest BCUT2D eigenvalue weighted by Crippen LogP contribution is 2.17. The van der Waals surface area contributed by atoms with Crippen molar-refractivity contribution in [2.45, 2.75) is 38.7 Å². The summed E-state index contributed by atoms with van der Waals surface area (Å²) in [6.07, 6.45) is 9.73. The second kappa shape index (κ2) is 4.67. The van der Waals surface area contributed by atoms with Crippen LogP contribution in [-0.2, 0) is 0 Å². The first kappa shape index (κ1) is 10.5. The van der Waals surface area contributed by atoms with Gasteiger partial charge in [0.2, 0.25) is 0 Å². The van der Waals surface area contributed by atoms with E-state index >= 15 is 0 Å². The first-order valence-corrected chi connectivity index (χ1v) is 5.73. The lowest BCUT2D eigenvalue weighted by atomic mass is 9.93. The van der Waals surface area contributed by atoms with Crippen LogP contribution < -0.4 is 10.6 Å². The minimum atomic E-state index is -0.155. The minimum absolute atomic E-state index is 0.155. The third-order valence-electron chi connectivity index (χ3n) is 2.95. The van der Waals surface area contributed by atoms with Crippen molar-refractivity contribution in [2.75, 3.05) is 0 Å². The molecule has 82 valence electrons. The maximum Gasteiger partial charge on any atom is 0.129 e. The van der Waals surface area contributed by atoms with Crippen molar-refractivity contribution in [1.82, 2.24) is 0 Å². The molecule has 2 atom stereocenters. The van der Waals surface area contributed by atoms with E-state index in [2.05, 4.69) is 19.1 Å². The van der Waals surface area contributed by atoms with E-state index in [1.165, 1.54) is 5.22 Å². The van der Waals surface area contributed by atoms with Crippen LogP contribution >= 0.6 is 0 Å². The van der Waals surface area contributed by atoms with Crippen molar-refractivity contribution in [3.05, 3.63) is 23.0 Å². The molecule has 1 aliphatic carbocycles. The highest BCUT2D eigenvalue weighted by atomic mass is 16.3. The topological polar surface area (TPSA) is 33.4 Å². The Morgan fingerprint density at radius 2 is 2.47 bits per heavy atom. The molecule has 1 N–H and O–H groups in total. The Bertz CT molecular complexity index is 416. The largest absolute Gasteiger partial charge is 0.465 e. The van der Waals surface area contributed by atoms with Gasteiger partial charge in [-0.2, -0.15) is 0 Å². The monoisotopic (exact) mass is 206 g/mol. The number of aliphatic hydroxyl groups is 1. The van der Waals surface area contributed by atoms with Crippen LogP contribution in [0, 0.1) is 5.92 Å². The molecule has 0 bridgehead atoms. The van der Waals surface area contributed by atoms with E-state index in [9.17, 15) is 5.11 Å². The number of aliphatic hydroxyl groups excluding tert-OH is 1. The molecule has 0 saturated carbocycles. The minimum Gasteiger partial charge on any atom is -0.465 e. The molecule has 0 fully saturated rings. The fourth-order valence-corrected chi connectivity index (χ4v) is 2.18. The number of fused-ring (bicyclic) bond motifs is 1. The van der Waals surface area contributed by atoms with Gasteiger partial charge in [-0.25, -0.2) is 0 Å². The quantitative estimate of drug-likeness (QED) is 0.808. The predicted octanol–water partition coefficient (Wildman–Crippen LogP) is 1.41. The van der Waals surface area contributed by atoms with Crippen LogP contribution in [0.1, 0.15) is 32.6 Å². The van der Waals surface area contributed by atoms with Crippen LogP contribution in [0.5, 0.6) is 0 Å². The van der Waals surface area contributed by atoms with Gasteiger partial charge in [0.25, 0.3) is 0 Å². The molecule has 1 aliphatic rings. The van der Waals surface area contributed by atoms with E-state index in [0.717, 1.165) is 31.1 Å². The van der Waals surface area contributed by atoms with E-state index in [-0.39, 0.29) is 6.10 Å². The molecule has 0 aromatic carbocycles. The van der Waals surface area contributed by atoms with E-state index in [4.69, 9.17) is 4.42 Å². The van der Waals surface area contributed by atoms with Crippen LogP contribution in [0.15, 0.2) is 16.7 Å². The van der Waals surface area contributed by atoms with Gasteiger partial charge in [-0.05, 0) is 37.3 Å². The average Bonchev–Trinajstić information content (AvgIpc) is 2.65. The lowest BCUT2D eigenvalue weighted by Gasteiger charge is -2.16. The number of furan rings is 1. The number of rotatable bonds is 4. The summed E-state index contributed by atoms with van der Waals surface area (Å²) in [5.74, 6) is 0.469. The molecule has 1 aromatic heterocycles. The van der Waals surface area contributed by atoms with Crippen LogP contribution in [0.2, 0.25) is 0 Å². The van der Waals surface area contributed by atoms with Crippen molar-refractivity contribution in [1.29, 1.82) is 0 Å². The van der Waals surface area contributed by atoms with Crippen LogP contribution in [0.25, 0.3) is 12.2 Å². The van der Waals surface area contributed by atoms with E-state index in [1.54, 1.807) is 6.26 Å². The van der Waals surface area contributed by atoms with E-state index < -0.39 is 0 Å². The summed E-state index contributed by atoms with van der Waals surface area (Å²) in [6.45, 7) is 2.11. The first-order chi connectivity index (χ1) is 7.29. The summed E-state index contributed by atoms with van der Waals surface area (Å²) in [5, 5.41) is 10.9. The standard InChI is InChI=1S/C13H18O2/c1-2-3-12(14)9-10-4-5-13-11(8-10)6-7-15-13/h5-8,10,12,14H,2-4,9H2,1H3/t10?,12-/m0/s1. The van der Waals surface area contributed by atoms with Crippen molar-refractivity contribution in [3.8, 4) is 0 Å². The van der Waals surface area contributed by atoms with Gasteiger partial charge in [-0.15, -0.1) is 0 Å². The zero-order valence-electron chi connectivity index (χ0n) is 9.15. The first-order valence-electron chi connectivity index (χ1n) is 5.73. The van der Waals surface area contributed by atoms with Crippen LogP contribution in [0.3, 0.4) is 0 Å². The molecule has 1 unspecified atom stereocenters. The Morgan fingerprint density at radius 1 is 1.60 bits per heavy atom. The molecule has 0 aliphatic heterocycles. The summed E-state index contributed by atoms with van der Waals surface area (Å²) in [5.41, 5.74) is 0.983. The third-order valence-corrected chi connectivity index (χ3v) is 2.95. The van der Waals surface area contributed by atoms with Gasteiger partial charge in [0.05, 0.1) is 12.4 Å². The fourth-order valence-electron chi connectivity index (χ4n) is 2.18. The Labute approximate surface area is 89.9 Å². The number of hydrogen-bond donors (Lipinski definition) is 1. The van der Waals surface area contributed by atoms with E-state index in [1.807, 2.05) is 6.07 Å². The lowest BCUT2D eigenvalue weighted by Crippen LogP contribution is -2.26. The highest BCUT2D eigenvalue weighted by Gasteiger charge is 2.13. The molecular weight excluding hydrogens is 188 g/mol. The summed E-state index contributed by atoms with van der Waals surface area (Å²) in [7, 11) is 0. The average molecular weight is 206 g/mol. The highest BCUT2D eigenvalue weighted by molar-refractivity contribution is 5.37. The molecule has 0 spiro atoms. The maximum absolute atomic E-state index is 9.74. The molecule has 0 radical (unpaired) electrons. The van der Waals surface area contributed by atoms with Crippen molar-refractivity contribution in [3.63, 3.8) is 0 Å². The van der Waals surface area contributed by atoms with Gasteiger partial charge in [0.1, 0.15) is 5.42 Å². The Morgan fingerprint density at radius 3 is 3.27 bits per heavy atom. The normalized spacial score (nSPS) is 21.3. The van der Waals surface area contributed by atoms with Crippen LogP contribution in [0.4, 0.5) is 0 Å². The van der Waals surface area contributed by atoms with Crippen molar-refractivity contribution < 1.29 is 9.52 Å². The Hall–Kier alpha value is -1.02. The summed E-state index contributed by atoms with van der Waals surface area (Å²) >= 11 is 0. The molecule has 1 aromatic rings. The van der Waals surface area contributed by atoms with Gasteiger partial charge in [-0.1, -0.05) is 19.4 Å². The second-order valence-corrected chi connectivity index (χ2v) is 4.28. The van der Waals surface area contributed by atoms with Gasteiger partial charge < -0.3 is 9.52 Å². The molecule has 2 heteroatoms. The van der Waals surface area contributed by atoms with Crippen molar-refractivity contribution >= 4 is 12.2 Å². The van der Waals surface area contributed by atoms with Crippen LogP contribution in [-0.4, -0.2) is 11.2 Å². The SMILES string of the molecule is CCC[C@H](O)CC1C=c2ccoc2=CC1. The smallest absolute Gasteiger partial charge is 0.129 e. The van der Waals surface area contributed by atoms with E-state index in [0.29, 0.717) is 5.92 Å². The Kier molecular flexibility index (Phi) is 3.27. The number of hydrogen-bond acceptors (Lipinski definition) is 2. The molecule has 0 saturated heterocycles. The summed E-state index contributed by atoms with van der Waals surface area (Å²) in [6, 6.07) is 1.99. The van der Waals surface area contributed by atoms with Gasteiger partial charge in [-0.3, -0.25) is 0 Å². The second-order valence-electron chi connectivity index (χ2n) is 4.28. The third kappa shape index (κ3) is 2.51. The zero-order valence-corrected chi connectivity index (χ0v) is 9.15. The van der Waals surface area contributed by atoms with Gasteiger partial charge >= 0.3 is 0 Å². The van der Waals surface area contributed by atoms with Gasteiger partial charge in [0, 0.05) is 5.22 Å². The molecule has 2 nitrogen and oxygen atoms in total. The molecule has 1 heterocycles.